The van der Waals surface area contributed by atoms with E-state index in [0.29, 0.717) is 10.8 Å². The van der Waals surface area contributed by atoms with E-state index in [1.165, 1.54) is 0 Å². The van der Waals surface area contributed by atoms with Crippen molar-refractivity contribution in [1.29, 1.82) is 5.41 Å². The standard InChI is InChI=1S/C15H19NO/c1-7-10(4)8-13-14(9(2)3)15(16)11(5)12(6)17-13/h7-8,16H,1,4H2,2-3,5-6H3/b13-8+,16-15?. The van der Waals surface area contributed by atoms with Crippen LogP contribution < -0.4 is 16.0 Å². The van der Waals surface area contributed by atoms with Gasteiger partial charge in [-0.05, 0) is 39.3 Å². The smallest absolute Gasteiger partial charge is 0.136 e. The van der Waals surface area contributed by atoms with Gasteiger partial charge in [-0.15, -0.1) is 0 Å². The minimum atomic E-state index is 0.525. The molecule has 1 aromatic heterocycles. The second-order valence-corrected chi connectivity index (χ2v) is 4.32. The summed E-state index contributed by atoms with van der Waals surface area (Å²) in [6.07, 6.45) is 3.49. The van der Waals surface area contributed by atoms with Crippen molar-refractivity contribution in [2.45, 2.75) is 27.7 Å². The number of rotatable bonds is 2. The maximum Gasteiger partial charge on any atom is 0.136 e. The molecule has 0 aromatic carbocycles. The molecule has 1 N–H and O–H groups in total. The fourth-order valence-electron chi connectivity index (χ4n) is 1.60. The van der Waals surface area contributed by atoms with Crippen molar-refractivity contribution >= 4 is 11.6 Å². The molecule has 0 aliphatic heterocycles. The van der Waals surface area contributed by atoms with Crippen LogP contribution in [0.1, 0.15) is 25.2 Å². The molecule has 1 heterocycles. The van der Waals surface area contributed by atoms with E-state index in [0.717, 1.165) is 27.7 Å². The molecule has 0 saturated carbocycles. The highest BCUT2D eigenvalue weighted by molar-refractivity contribution is 5.51. The summed E-state index contributed by atoms with van der Waals surface area (Å²) in [6, 6.07) is 0. The van der Waals surface area contributed by atoms with Crippen LogP contribution in [0.5, 0.6) is 0 Å². The summed E-state index contributed by atoms with van der Waals surface area (Å²) >= 11 is 0. The molecule has 2 heteroatoms. The molecule has 0 fully saturated rings. The van der Waals surface area contributed by atoms with E-state index in [2.05, 4.69) is 13.2 Å². The van der Waals surface area contributed by atoms with Crippen LogP contribution in [0.4, 0.5) is 0 Å². The Hall–Kier alpha value is -1.83. The van der Waals surface area contributed by atoms with Gasteiger partial charge in [0, 0.05) is 10.8 Å². The predicted octanol–water partition coefficient (Wildman–Crippen LogP) is 2.09. The van der Waals surface area contributed by atoms with E-state index < -0.39 is 0 Å². The third-order valence-corrected chi connectivity index (χ3v) is 2.74. The van der Waals surface area contributed by atoms with Crippen LogP contribution in [0.2, 0.25) is 0 Å². The summed E-state index contributed by atoms with van der Waals surface area (Å²) in [7, 11) is 0. The maximum absolute atomic E-state index is 8.15. The van der Waals surface area contributed by atoms with E-state index in [4.69, 9.17) is 9.83 Å². The highest BCUT2D eigenvalue weighted by Crippen LogP contribution is 1.96. The molecule has 0 aliphatic rings. The summed E-state index contributed by atoms with van der Waals surface area (Å²) in [6.45, 7) is 15.2. The van der Waals surface area contributed by atoms with Crippen molar-refractivity contribution < 1.29 is 4.42 Å². The van der Waals surface area contributed by atoms with Gasteiger partial charge in [0.05, 0.1) is 5.36 Å². The second-order valence-electron chi connectivity index (χ2n) is 4.32. The number of aryl methyl sites for hydroxylation is 1. The first kappa shape index (κ1) is 13.2. The first-order valence-electron chi connectivity index (χ1n) is 5.54. The summed E-state index contributed by atoms with van der Waals surface area (Å²) in [5.41, 5.74) is 3.40. The van der Waals surface area contributed by atoms with Crippen LogP contribution in [0.3, 0.4) is 0 Å². The van der Waals surface area contributed by atoms with Crippen molar-refractivity contribution in [3.8, 4) is 0 Å². The summed E-state index contributed by atoms with van der Waals surface area (Å²) in [4.78, 5) is 0. The Morgan fingerprint density at radius 2 is 1.88 bits per heavy atom. The Bertz CT molecular complexity index is 641. The van der Waals surface area contributed by atoms with Crippen LogP contribution in [-0.4, -0.2) is 0 Å². The quantitative estimate of drug-likeness (QED) is 0.775. The maximum atomic E-state index is 8.15. The molecule has 0 bridgehead atoms. The molecule has 90 valence electrons. The summed E-state index contributed by atoms with van der Waals surface area (Å²) in [5.74, 6) is 0.767. The molecule has 1 rings (SSSR count). The molecule has 1 aromatic rings. The van der Waals surface area contributed by atoms with Crippen LogP contribution in [-0.2, 0) is 0 Å². The Kier molecular flexibility index (Phi) is 3.89. The van der Waals surface area contributed by atoms with Crippen LogP contribution >= 0.6 is 0 Å². The minimum Gasteiger partial charge on any atom is -0.461 e. The van der Waals surface area contributed by atoms with Crippen molar-refractivity contribution in [2.24, 2.45) is 0 Å². The molecular weight excluding hydrogens is 210 g/mol. The van der Waals surface area contributed by atoms with Crippen LogP contribution in [0.15, 0.2) is 29.2 Å². The molecule has 0 atom stereocenters. The van der Waals surface area contributed by atoms with Gasteiger partial charge in [-0.25, -0.2) is 0 Å². The highest BCUT2D eigenvalue weighted by Gasteiger charge is 2.02. The molecular formula is C15H19NO. The zero-order valence-electron chi connectivity index (χ0n) is 11.0. The first-order chi connectivity index (χ1) is 7.88. The summed E-state index contributed by atoms with van der Waals surface area (Å²) < 4.78 is 5.75. The van der Waals surface area contributed by atoms with E-state index in [1.807, 2.05) is 33.8 Å². The van der Waals surface area contributed by atoms with Crippen LogP contribution in [0.25, 0.3) is 11.6 Å². The van der Waals surface area contributed by atoms with Gasteiger partial charge < -0.3 is 4.42 Å². The number of allylic oxidation sites excluding steroid dienone is 2. The largest absolute Gasteiger partial charge is 0.461 e. The predicted molar refractivity (Wildman–Crippen MR) is 71.8 cm³/mol. The minimum absolute atomic E-state index is 0.525. The fourth-order valence-corrected chi connectivity index (χ4v) is 1.60. The first-order valence-corrected chi connectivity index (χ1v) is 5.54. The lowest BCUT2D eigenvalue weighted by molar-refractivity contribution is 0.470. The van der Waals surface area contributed by atoms with Gasteiger partial charge >= 0.3 is 0 Å². The molecule has 0 amide bonds. The normalized spacial score (nSPS) is 11.4. The lowest BCUT2D eigenvalue weighted by Crippen LogP contribution is -2.42. The topological polar surface area (TPSA) is 37.0 Å². The molecule has 2 nitrogen and oxygen atoms in total. The number of nitrogens with one attached hydrogen (secondary N) is 1. The van der Waals surface area contributed by atoms with E-state index in [-0.39, 0.29) is 0 Å². The third kappa shape index (κ3) is 2.64. The lowest BCUT2D eigenvalue weighted by Gasteiger charge is -2.03. The Balaban J connectivity index is 3.94. The fraction of sp³-hybridized carbons (Fsp3) is 0.267. The van der Waals surface area contributed by atoms with Gasteiger partial charge in [0.1, 0.15) is 11.2 Å². The van der Waals surface area contributed by atoms with Gasteiger partial charge in [0.2, 0.25) is 0 Å². The average Bonchev–Trinajstić information content (AvgIpc) is 2.25. The molecule has 0 saturated heterocycles. The van der Waals surface area contributed by atoms with Crippen LogP contribution in [0, 0.1) is 19.3 Å². The van der Waals surface area contributed by atoms with Crippen molar-refractivity contribution in [3.63, 3.8) is 0 Å². The zero-order valence-corrected chi connectivity index (χ0v) is 11.0. The van der Waals surface area contributed by atoms with Gasteiger partial charge in [-0.2, -0.15) is 0 Å². The summed E-state index contributed by atoms with van der Waals surface area (Å²) in [5, 5.41) is 9.52. The highest BCUT2D eigenvalue weighted by atomic mass is 16.3. The van der Waals surface area contributed by atoms with Gasteiger partial charge in [0.15, 0.2) is 0 Å². The SMILES string of the molecule is C=CC(=C)/C=c1/oc(C)c(C)c(=N)c1=C(C)C. The van der Waals surface area contributed by atoms with E-state index in [9.17, 15) is 0 Å². The van der Waals surface area contributed by atoms with Gasteiger partial charge in [-0.3, -0.25) is 5.41 Å². The van der Waals surface area contributed by atoms with Gasteiger partial charge in [-0.1, -0.05) is 24.8 Å². The monoisotopic (exact) mass is 229 g/mol. The van der Waals surface area contributed by atoms with E-state index >= 15 is 0 Å². The zero-order chi connectivity index (χ0) is 13.2. The van der Waals surface area contributed by atoms with Crippen molar-refractivity contribution in [2.75, 3.05) is 0 Å². The molecule has 0 unspecified atom stereocenters. The molecule has 17 heavy (non-hydrogen) atoms. The Morgan fingerprint density at radius 1 is 1.29 bits per heavy atom. The Labute approximate surface area is 102 Å². The third-order valence-electron chi connectivity index (χ3n) is 2.74. The number of hydrogen-bond donors (Lipinski definition) is 1. The van der Waals surface area contributed by atoms with Crippen molar-refractivity contribution in [1.82, 2.24) is 0 Å². The molecule has 0 radical (unpaired) electrons. The Morgan fingerprint density at radius 3 is 2.35 bits per heavy atom. The molecule has 0 spiro atoms. The lowest BCUT2D eigenvalue weighted by atomic mass is 10.1. The second kappa shape index (κ2) is 5.00. The van der Waals surface area contributed by atoms with Crippen molar-refractivity contribution in [3.05, 3.63) is 52.1 Å². The molecule has 0 aliphatic carbocycles. The van der Waals surface area contributed by atoms with Gasteiger partial charge in [0.25, 0.3) is 0 Å². The van der Waals surface area contributed by atoms with E-state index in [1.54, 1.807) is 6.08 Å². The average molecular weight is 229 g/mol. The number of hydrogen-bond acceptors (Lipinski definition) is 2.